The van der Waals surface area contributed by atoms with Gasteiger partial charge in [0.2, 0.25) is 0 Å². The van der Waals surface area contributed by atoms with Gasteiger partial charge in [0.05, 0.1) is 4.90 Å². The molecule has 2 aromatic carbocycles. The number of carbonyl (C=O) groups excluding carboxylic acids is 1. The molecular weight excluding hydrogens is 360 g/mol. The normalized spacial score (nSPS) is 12.1. The second-order valence-electron chi connectivity index (χ2n) is 8.04. The minimum Gasteiger partial charge on any atom is -0.350 e. The van der Waals surface area contributed by atoms with Crippen LogP contribution in [0.3, 0.4) is 0 Å². The van der Waals surface area contributed by atoms with Gasteiger partial charge in [0.1, 0.15) is 0 Å². The van der Waals surface area contributed by atoms with Crippen molar-refractivity contribution in [1.82, 2.24) is 5.32 Å². The third-order valence-corrected chi connectivity index (χ3v) is 5.69. The Kier molecular flexibility index (Phi) is 6.00. The van der Waals surface area contributed by atoms with Gasteiger partial charge in [-0.15, -0.1) is 0 Å². The first-order valence-corrected chi connectivity index (χ1v) is 10.4. The maximum Gasteiger partial charge on any atom is 0.262 e. The average Bonchev–Trinajstić information content (AvgIpc) is 2.53. The zero-order valence-corrected chi connectivity index (χ0v) is 17.6. The Hall–Kier alpha value is -2.34. The van der Waals surface area contributed by atoms with Crippen LogP contribution in [0, 0.1) is 6.92 Å². The van der Waals surface area contributed by atoms with E-state index in [2.05, 4.69) is 10.0 Å². The molecule has 0 atom stereocenters. The summed E-state index contributed by atoms with van der Waals surface area (Å²) >= 11 is 0. The standard InChI is InChI=1S/C21H28N2O3S/c1-14(2)22-20(24)16-8-11-18(12-9-16)23-27(25,26)19-13-17(21(4,5)6)10-7-15(19)3/h7-14,23H,1-6H3,(H,22,24). The summed E-state index contributed by atoms with van der Waals surface area (Å²) in [6, 6.07) is 11.9. The Bertz CT molecular complexity index is 925. The molecule has 2 N–H and O–H groups in total. The molecule has 5 nitrogen and oxygen atoms in total. The van der Waals surface area contributed by atoms with E-state index in [9.17, 15) is 13.2 Å². The van der Waals surface area contributed by atoms with Crippen LogP contribution < -0.4 is 10.0 Å². The molecule has 27 heavy (non-hydrogen) atoms. The third-order valence-electron chi connectivity index (χ3n) is 4.16. The molecule has 6 heteroatoms. The molecule has 2 aromatic rings. The molecule has 0 saturated heterocycles. The lowest BCUT2D eigenvalue weighted by Crippen LogP contribution is -2.30. The summed E-state index contributed by atoms with van der Waals surface area (Å²) in [5.41, 5.74) is 2.38. The highest BCUT2D eigenvalue weighted by Gasteiger charge is 2.21. The van der Waals surface area contributed by atoms with E-state index in [1.165, 1.54) is 0 Å². The molecule has 0 heterocycles. The topological polar surface area (TPSA) is 75.3 Å². The Balaban J connectivity index is 2.28. The summed E-state index contributed by atoms with van der Waals surface area (Å²) in [6.07, 6.45) is 0. The predicted molar refractivity (Wildman–Crippen MR) is 110 cm³/mol. The smallest absolute Gasteiger partial charge is 0.262 e. The fraction of sp³-hybridized carbons (Fsp3) is 0.381. The van der Waals surface area contributed by atoms with Gasteiger partial charge in [-0.05, 0) is 67.6 Å². The summed E-state index contributed by atoms with van der Waals surface area (Å²) in [7, 11) is -3.73. The van der Waals surface area contributed by atoms with Crippen molar-refractivity contribution in [2.75, 3.05) is 4.72 Å². The Morgan fingerprint density at radius 1 is 1.00 bits per heavy atom. The van der Waals surface area contributed by atoms with Crippen LogP contribution in [0.4, 0.5) is 5.69 Å². The number of rotatable bonds is 5. The number of amides is 1. The van der Waals surface area contributed by atoms with E-state index in [1.54, 1.807) is 37.3 Å². The van der Waals surface area contributed by atoms with Crippen molar-refractivity contribution in [3.05, 3.63) is 59.2 Å². The average molecular weight is 389 g/mol. The number of aryl methyl sites for hydroxylation is 1. The first kappa shape index (κ1) is 21.0. The van der Waals surface area contributed by atoms with Crippen molar-refractivity contribution in [1.29, 1.82) is 0 Å². The van der Waals surface area contributed by atoms with E-state index in [1.807, 2.05) is 46.8 Å². The van der Waals surface area contributed by atoms with Crippen LogP contribution in [0.1, 0.15) is 56.1 Å². The van der Waals surface area contributed by atoms with Gasteiger partial charge in [-0.25, -0.2) is 8.42 Å². The Morgan fingerprint density at radius 2 is 1.59 bits per heavy atom. The number of sulfonamides is 1. The Morgan fingerprint density at radius 3 is 2.11 bits per heavy atom. The molecule has 0 aliphatic rings. The van der Waals surface area contributed by atoms with Gasteiger partial charge < -0.3 is 5.32 Å². The number of nitrogens with one attached hydrogen (secondary N) is 2. The summed E-state index contributed by atoms with van der Waals surface area (Å²) in [5, 5.41) is 2.80. The van der Waals surface area contributed by atoms with Crippen LogP contribution in [-0.4, -0.2) is 20.4 Å². The lowest BCUT2D eigenvalue weighted by atomic mass is 9.87. The summed E-state index contributed by atoms with van der Waals surface area (Å²) in [6.45, 7) is 11.7. The molecule has 0 unspecified atom stereocenters. The highest BCUT2D eigenvalue weighted by atomic mass is 32.2. The van der Waals surface area contributed by atoms with E-state index in [0.29, 0.717) is 16.8 Å². The monoisotopic (exact) mass is 388 g/mol. The molecule has 0 spiro atoms. The first-order valence-electron chi connectivity index (χ1n) is 8.95. The van der Waals surface area contributed by atoms with E-state index in [4.69, 9.17) is 0 Å². The molecular formula is C21H28N2O3S. The van der Waals surface area contributed by atoms with Crippen molar-refractivity contribution >= 4 is 21.6 Å². The van der Waals surface area contributed by atoms with Gasteiger partial charge >= 0.3 is 0 Å². The van der Waals surface area contributed by atoms with Crippen LogP contribution in [-0.2, 0) is 15.4 Å². The number of carbonyl (C=O) groups is 1. The summed E-state index contributed by atoms with van der Waals surface area (Å²) in [5.74, 6) is -0.187. The van der Waals surface area contributed by atoms with Crippen LogP contribution >= 0.6 is 0 Å². The van der Waals surface area contributed by atoms with E-state index < -0.39 is 10.0 Å². The zero-order valence-electron chi connectivity index (χ0n) is 16.8. The molecule has 0 fully saturated rings. The molecule has 0 radical (unpaired) electrons. The maximum absolute atomic E-state index is 12.9. The second-order valence-corrected chi connectivity index (χ2v) is 9.69. The van der Waals surface area contributed by atoms with Crippen molar-refractivity contribution in [3.63, 3.8) is 0 Å². The van der Waals surface area contributed by atoms with Crippen LogP contribution in [0.2, 0.25) is 0 Å². The van der Waals surface area contributed by atoms with Gasteiger partial charge in [-0.1, -0.05) is 32.9 Å². The number of anilines is 1. The molecule has 2 rings (SSSR count). The van der Waals surface area contributed by atoms with Gasteiger partial charge in [0, 0.05) is 17.3 Å². The molecule has 0 aliphatic heterocycles. The minimum absolute atomic E-state index is 0.0359. The van der Waals surface area contributed by atoms with Gasteiger partial charge in [-0.3, -0.25) is 9.52 Å². The van der Waals surface area contributed by atoms with Crippen LogP contribution in [0.5, 0.6) is 0 Å². The predicted octanol–water partition coefficient (Wildman–Crippen LogP) is 4.23. The van der Waals surface area contributed by atoms with Crippen molar-refractivity contribution < 1.29 is 13.2 Å². The minimum atomic E-state index is -3.73. The number of hydrogen-bond acceptors (Lipinski definition) is 3. The maximum atomic E-state index is 12.9. The van der Waals surface area contributed by atoms with Gasteiger partial charge in [-0.2, -0.15) is 0 Å². The third kappa shape index (κ3) is 5.32. The second kappa shape index (κ2) is 7.72. The fourth-order valence-electron chi connectivity index (χ4n) is 2.60. The number of hydrogen-bond donors (Lipinski definition) is 2. The lowest BCUT2D eigenvalue weighted by molar-refractivity contribution is 0.0943. The fourth-order valence-corrected chi connectivity index (χ4v) is 3.93. The van der Waals surface area contributed by atoms with Crippen LogP contribution in [0.25, 0.3) is 0 Å². The SMILES string of the molecule is Cc1ccc(C(C)(C)C)cc1S(=O)(=O)Nc1ccc(C(=O)NC(C)C)cc1. The van der Waals surface area contributed by atoms with E-state index in [0.717, 1.165) is 5.56 Å². The molecule has 146 valence electrons. The van der Waals surface area contributed by atoms with Gasteiger partial charge in [0.25, 0.3) is 15.9 Å². The first-order chi connectivity index (χ1) is 12.4. The molecule has 0 saturated carbocycles. The summed E-state index contributed by atoms with van der Waals surface area (Å²) in [4.78, 5) is 12.3. The van der Waals surface area contributed by atoms with Crippen LogP contribution in [0.15, 0.2) is 47.4 Å². The Labute approximate surface area is 162 Å². The molecule has 0 aromatic heterocycles. The number of benzene rings is 2. The lowest BCUT2D eigenvalue weighted by Gasteiger charge is -2.21. The zero-order chi connectivity index (χ0) is 20.4. The largest absolute Gasteiger partial charge is 0.350 e. The molecule has 0 aliphatic carbocycles. The van der Waals surface area contributed by atoms with Crippen molar-refractivity contribution in [2.45, 2.75) is 57.9 Å². The quantitative estimate of drug-likeness (QED) is 0.805. The highest BCUT2D eigenvalue weighted by Crippen LogP contribution is 2.27. The molecule has 0 bridgehead atoms. The van der Waals surface area contributed by atoms with E-state index >= 15 is 0 Å². The van der Waals surface area contributed by atoms with E-state index in [-0.39, 0.29) is 22.3 Å². The van der Waals surface area contributed by atoms with Crippen molar-refractivity contribution in [3.8, 4) is 0 Å². The summed E-state index contributed by atoms with van der Waals surface area (Å²) < 4.78 is 28.4. The highest BCUT2D eigenvalue weighted by molar-refractivity contribution is 7.92. The van der Waals surface area contributed by atoms with Gasteiger partial charge in [0.15, 0.2) is 0 Å². The van der Waals surface area contributed by atoms with Crippen molar-refractivity contribution in [2.24, 2.45) is 0 Å². The molecule has 1 amide bonds.